The highest BCUT2D eigenvalue weighted by Crippen LogP contribution is 2.10. The molecule has 0 radical (unpaired) electrons. The Kier molecular flexibility index (Phi) is 2.21. The zero-order valence-corrected chi connectivity index (χ0v) is 6.37. The smallest absolute Gasteiger partial charge is 0.164 e. The number of pyridine rings is 1. The average molecular weight is 150 g/mol. The number of rotatable bonds is 2. The van der Waals surface area contributed by atoms with Crippen LogP contribution in [0.5, 0.6) is 0 Å². The van der Waals surface area contributed by atoms with E-state index >= 15 is 0 Å². The lowest BCUT2D eigenvalue weighted by Gasteiger charge is -1.99. The van der Waals surface area contributed by atoms with Gasteiger partial charge >= 0.3 is 0 Å². The van der Waals surface area contributed by atoms with Crippen LogP contribution in [0, 0.1) is 0 Å². The minimum atomic E-state index is 0.0601. The average Bonchev–Trinajstić information content (AvgIpc) is 2.04. The van der Waals surface area contributed by atoms with E-state index in [1.165, 1.54) is 6.20 Å². The molecule has 0 amide bonds. The van der Waals surface area contributed by atoms with Crippen LogP contribution < -0.4 is 5.73 Å². The first-order valence-electron chi connectivity index (χ1n) is 3.48. The first kappa shape index (κ1) is 7.72. The van der Waals surface area contributed by atoms with E-state index in [0.29, 0.717) is 17.7 Å². The Morgan fingerprint density at radius 3 is 3.00 bits per heavy atom. The lowest BCUT2D eigenvalue weighted by atomic mass is 10.1. The summed E-state index contributed by atoms with van der Waals surface area (Å²) in [6.07, 6.45) is 3.54. The van der Waals surface area contributed by atoms with Gasteiger partial charge in [-0.1, -0.05) is 6.92 Å². The third-order valence-electron chi connectivity index (χ3n) is 1.47. The Bertz CT molecular complexity index is 271. The number of nitrogen functional groups attached to an aromatic ring is 1. The summed E-state index contributed by atoms with van der Waals surface area (Å²) >= 11 is 0. The molecule has 3 heteroatoms. The maximum absolute atomic E-state index is 11.1. The molecule has 1 heterocycles. The highest BCUT2D eigenvalue weighted by Gasteiger charge is 2.05. The van der Waals surface area contributed by atoms with Crippen LogP contribution in [0.4, 0.5) is 5.69 Å². The first-order valence-corrected chi connectivity index (χ1v) is 3.48. The Morgan fingerprint density at radius 1 is 1.73 bits per heavy atom. The zero-order valence-electron chi connectivity index (χ0n) is 6.37. The van der Waals surface area contributed by atoms with Gasteiger partial charge in [-0.25, -0.2) is 0 Å². The van der Waals surface area contributed by atoms with Crippen LogP contribution in [0.15, 0.2) is 18.5 Å². The Morgan fingerprint density at radius 2 is 2.45 bits per heavy atom. The number of carbonyl (C=O) groups is 1. The molecule has 2 N–H and O–H groups in total. The van der Waals surface area contributed by atoms with Gasteiger partial charge in [0.25, 0.3) is 0 Å². The number of carbonyl (C=O) groups excluding carboxylic acids is 1. The van der Waals surface area contributed by atoms with Crippen LogP contribution in [-0.4, -0.2) is 10.8 Å². The van der Waals surface area contributed by atoms with Gasteiger partial charge in [-0.05, 0) is 6.07 Å². The second-order valence-electron chi connectivity index (χ2n) is 2.24. The van der Waals surface area contributed by atoms with Crippen LogP contribution >= 0.6 is 0 Å². The van der Waals surface area contributed by atoms with Crippen LogP contribution in [0.3, 0.4) is 0 Å². The lowest BCUT2D eigenvalue weighted by molar-refractivity contribution is 0.0989. The quantitative estimate of drug-likeness (QED) is 0.645. The van der Waals surface area contributed by atoms with Gasteiger partial charge in [0.1, 0.15) is 0 Å². The molecular formula is C8H10N2O. The summed E-state index contributed by atoms with van der Waals surface area (Å²) in [5.74, 6) is 0.0601. The molecule has 11 heavy (non-hydrogen) atoms. The Hall–Kier alpha value is -1.38. The summed E-state index contributed by atoms with van der Waals surface area (Å²) in [5, 5.41) is 0. The summed E-state index contributed by atoms with van der Waals surface area (Å²) in [5.41, 5.74) is 6.54. The maximum atomic E-state index is 11.1. The van der Waals surface area contributed by atoms with Crippen molar-refractivity contribution in [1.29, 1.82) is 0 Å². The predicted molar refractivity (Wildman–Crippen MR) is 43.3 cm³/mol. The number of Topliss-reactive ketones (excluding diaryl/α,β-unsaturated/α-hetero) is 1. The fraction of sp³-hybridized carbons (Fsp3) is 0.250. The largest absolute Gasteiger partial charge is 0.397 e. The molecule has 0 fully saturated rings. The molecule has 0 spiro atoms. The van der Waals surface area contributed by atoms with Crippen molar-refractivity contribution < 1.29 is 4.79 Å². The molecule has 0 saturated heterocycles. The summed E-state index contributed by atoms with van der Waals surface area (Å²) < 4.78 is 0. The molecule has 58 valence electrons. The van der Waals surface area contributed by atoms with Gasteiger partial charge in [0.15, 0.2) is 5.78 Å². The SMILES string of the molecule is CCC(=O)c1ccncc1N. The number of anilines is 1. The second-order valence-corrected chi connectivity index (χ2v) is 2.24. The predicted octanol–water partition coefficient (Wildman–Crippen LogP) is 1.26. The molecule has 0 atom stereocenters. The topological polar surface area (TPSA) is 56.0 Å². The normalized spacial score (nSPS) is 9.55. The highest BCUT2D eigenvalue weighted by atomic mass is 16.1. The van der Waals surface area contributed by atoms with Crippen molar-refractivity contribution in [3.8, 4) is 0 Å². The standard InChI is InChI=1S/C8H10N2O/c1-2-8(11)6-3-4-10-5-7(6)9/h3-5H,2,9H2,1H3. The van der Waals surface area contributed by atoms with Gasteiger partial charge in [0.05, 0.1) is 11.9 Å². The monoisotopic (exact) mass is 150 g/mol. The number of nitrogens with two attached hydrogens (primary N) is 1. The van der Waals surface area contributed by atoms with Gasteiger partial charge in [0, 0.05) is 18.2 Å². The number of hydrogen-bond donors (Lipinski definition) is 1. The van der Waals surface area contributed by atoms with Gasteiger partial charge in [-0.15, -0.1) is 0 Å². The summed E-state index contributed by atoms with van der Waals surface area (Å²) in [6.45, 7) is 1.81. The van der Waals surface area contributed by atoms with Crippen molar-refractivity contribution in [2.45, 2.75) is 13.3 Å². The minimum absolute atomic E-state index is 0.0601. The van der Waals surface area contributed by atoms with Crippen LogP contribution in [-0.2, 0) is 0 Å². The molecule has 0 aliphatic heterocycles. The molecule has 0 bridgehead atoms. The second kappa shape index (κ2) is 3.14. The Balaban J connectivity index is 3.03. The molecule has 3 nitrogen and oxygen atoms in total. The van der Waals surface area contributed by atoms with Gasteiger partial charge in [0.2, 0.25) is 0 Å². The van der Waals surface area contributed by atoms with Crippen molar-refractivity contribution in [3.05, 3.63) is 24.0 Å². The third-order valence-corrected chi connectivity index (χ3v) is 1.47. The maximum Gasteiger partial charge on any atom is 0.164 e. The summed E-state index contributed by atoms with van der Waals surface area (Å²) in [7, 11) is 0. The van der Waals surface area contributed by atoms with Crippen molar-refractivity contribution in [3.63, 3.8) is 0 Å². The fourth-order valence-corrected chi connectivity index (χ4v) is 0.851. The van der Waals surface area contributed by atoms with E-state index in [0.717, 1.165) is 0 Å². The van der Waals surface area contributed by atoms with Crippen molar-refractivity contribution >= 4 is 11.5 Å². The van der Waals surface area contributed by atoms with E-state index < -0.39 is 0 Å². The lowest BCUT2D eigenvalue weighted by Crippen LogP contribution is -2.02. The van der Waals surface area contributed by atoms with Crippen molar-refractivity contribution in [2.75, 3.05) is 5.73 Å². The van der Waals surface area contributed by atoms with E-state index in [9.17, 15) is 4.79 Å². The van der Waals surface area contributed by atoms with E-state index in [4.69, 9.17) is 5.73 Å². The molecular weight excluding hydrogens is 140 g/mol. The summed E-state index contributed by atoms with van der Waals surface area (Å²) in [4.78, 5) is 14.9. The molecule has 1 aromatic rings. The fourth-order valence-electron chi connectivity index (χ4n) is 0.851. The van der Waals surface area contributed by atoms with Gasteiger partial charge in [-0.3, -0.25) is 9.78 Å². The number of hydrogen-bond acceptors (Lipinski definition) is 3. The zero-order chi connectivity index (χ0) is 8.27. The van der Waals surface area contributed by atoms with E-state index in [1.54, 1.807) is 12.3 Å². The molecule has 0 aliphatic rings. The third kappa shape index (κ3) is 1.55. The van der Waals surface area contributed by atoms with Crippen LogP contribution in [0.1, 0.15) is 23.7 Å². The van der Waals surface area contributed by atoms with Crippen LogP contribution in [0.25, 0.3) is 0 Å². The number of ketones is 1. The molecule has 0 aliphatic carbocycles. The molecule has 1 aromatic heterocycles. The molecule has 0 saturated carbocycles. The van der Waals surface area contributed by atoms with E-state index in [-0.39, 0.29) is 5.78 Å². The number of aromatic nitrogens is 1. The molecule has 0 aromatic carbocycles. The van der Waals surface area contributed by atoms with Crippen molar-refractivity contribution in [1.82, 2.24) is 4.98 Å². The summed E-state index contributed by atoms with van der Waals surface area (Å²) in [6, 6.07) is 1.64. The highest BCUT2D eigenvalue weighted by molar-refractivity contribution is 6.00. The van der Waals surface area contributed by atoms with Crippen LogP contribution in [0.2, 0.25) is 0 Å². The molecule has 0 unspecified atom stereocenters. The molecule has 1 rings (SSSR count). The van der Waals surface area contributed by atoms with E-state index in [1.807, 2.05) is 6.92 Å². The Labute approximate surface area is 65.2 Å². The minimum Gasteiger partial charge on any atom is -0.397 e. The van der Waals surface area contributed by atoms with Gasteiger partial charge < -0.3 is 5.73 Å². The van der Waals surface area contributed by atoms with E-state index in [2.05, 4.69) is 4.98 Å². The number of nitrogens with zero attached hydrogens (tertiary/aromatic N) is 1. The van der Waals surface area contributed by atoms with Gasteiger partial charge in [-0.2, -0.15) is 0 Å². The van der Waals surface area contributed by atoms with Crippen molar-refractivity contribution in [2.24, 2.45) is 0 Å². The first-order chi connectivity index (χ1) is 5.25.